The van der Waals surface area contributed by atoms with Gasteiger partial charge in [-0.2, -0.15) is 0 Å². The molecule has 1 aliphatic heterocycles. The van der Waals surface area contributed by atoms with Crippen LogP contribution in [0.5, 0.6) is 0 Å². The van der Waals surface area contributed by atoms with Crippen molar-refractivity contribution in [3.8, 4) is 0 Å². The lowest BCUT2D eigenvalue weighted by atomic mass is 10.0. The molecule has 2 aromatic carbocycles. The molecule has 1 aliphatic rings. The summed E-state index contributed by atoms with van der Waals surface area (Å²) in [4.78, 5) is 29.2. The SMILES string of the molecule is COC(=O)C1=C(C)N(CCc2ccccc2)C(=O)/C1=C\c1ccc(N(C)C)cc1. The number of nitrogens with zero attached hydrogens (tertiary/aromatic N) is 2. The lowest BCUT2D eigenvalue weighted by molar-refractivity contribution is -0.136. The molecule has 0 bridgehead atoms. The fourth-order valence-electron chi connectivity index (χ4n) is 3.42. The molecule has 29 heavy (non-hydrogen) atoms. The van der Waals surface area contributed by atoms with Gasteiger partial charge in [0.1, 0.15) is 0 Å². The summed E-state index contributed by atoms with van der Waals surface area (Å²) < 4.78 is 4.96. The molecule has 0 aromatic heterocycles. The molecule has 0 N–H and O–H groups in total. The first-order valence-electron chi connectivity index (χ1n) is 9.57. The number of ether oxygens (including phenoxy) is 1. The molecule has 0 unspecified atom stereocenters. The molecule has 150 valence electrons. The average molecular weight is 390 g/mol. The molecular formula is C24H26N2O3. The van der Waals surface area contributed by atoms with Gasteiger partial charge in [-0.3, -0.25) is 4.79 Å². The second-order valence-corrected chi connectivity index (χ2v) is 7.19. The zero-order valence-corrected chi connectivity index (χ0v) is 17.3. The fourth-order valence-corrected chi connectivity index (χ4v) is 3.42. The number of carbonyl (C=O) groups is 2. The van der Waals surface area contributed by atoms with Crippen molar-refractivity contribution in [3.63, 3.8) is 0 Å². The van der Waals surface area contributed by atoms with E-state index >= 15 is 0 Å². The van der Waals surface area contributed by atoms with Gasteiger partial charge in [-0.05, 0) is 42.7 Å². The van der Waals surface area contributed by atoms with Gasteiger partial charge >= 0.3 is 5.97 Å². The predicted molar refractivity (Wildman–Crippen MR) is 115 cm³/mol. The van der Waals surface area contributed by atoms with E-state index in [9.17, 15) is 9.59 Å². The number of amides is 1. The Morgan fingerprint density at radius 1 is 1.07 bits per heavy atom. The number of esters is 1. The Labute approximate surface area is 171 Å². The third-order valence-electron chi connectivity index (χ3n) is 5.09. The lowest BCUT2D eigenvalue weighted by Crippen LogP contribution is -2.27. The first-order chi connectivity index (χ1) is 13.9. The van der Waals surface area contributed by atoms with Crippen LogP contribution in [0.25, 0.3) is 6.08 Å². The normalized spacial score (nSPS) is 15.2. The Balaban J connectivity index is 1.91. The van der Waals surface area contributed by atoms with Crippen LogP contribution in [-0.4, -0.2) is 44.5 Å². The highest BCUT2D eigenvalue weighted by Crippen LogP contribution is 2.32. The minimum Gasteiger partial charge on any atom is -0.465 e. The maximum atomic E-state index is 13.1. The average Bonchev–Trinajstić information content (AvgIpc) is 2.96. The molecule has 0 radical (unpaired) electrons. The van der Waals surface area contributed by atoms with Crippen molar-refractivity contribution in [1.29, 1.82) is 0 Å². The molecule has 5 nitrogen and oxygen atoms in total. The van der Waals surface area contributed by atoms with Gasteiger partial charge in [-0.15, -0.1) is 0 Å². The monoisotopic (exact) mass is 390 g/mol. The molecule has 0 spiro atoms. The molecule has 0 saturated heterocycles. The van der Waals surface area contributed by atoms with Crippen molar-refractivity contribution in [2.75, 3.05) is 32.6 Å². The Bertz CT molecular complexity index is 957. The zero-order chi connectivity index (χ0) is 21.0. The van der Waals surface area contributed by atoms with Gasteiger partial charge in [0, 0.05) is 32.0 Å². The molecule has 3 rings (SSSR count). The molecule has 1 heterocycles. The number of rotatable bonds is 6. The van der Waals surface area contributed by atoms with Crippen molar-refractivity contribution >= 4 is 23.6 Å². The lowest BCUT2D eigenvalue weighted by Gasteiger charge is -2.17. The van der Waals surface area contributed by atoms with Gasteiger partial charge in [0.2, 0.25) is 0 Å². The summed E-state index contributed by atoms with van der Waals surface area (Å²) in [7, 11) is 5.28. The van der Waals surface area contributed by atoms with E-state index in [0.717, 1.165) is 16.8 Å². The molecule has 0 aliphatic carbocycles. The number of carbonyl (C=O) groups excluding carboxylic acids is 2. The number of hydrogen-bond donors (Lipinski definition) is 0. The topological polar surface area (TPSA) is 49.9 Å². The van der Waals surface area contributed by atoms with E-state index in [0.29, 0.717) is 29.8 Å². The van der Waals surface area contributed by atoms with E-state index in [-0.39, 0.29) is 5.91 Å². The minimum atomic E-state index is -0.491. The molecule has 5 heteroatoms. The Morgan fingerprint density at radius 3 is 2.31 bits per heavy atom. The highest BCUT2D eigenvalue weighted by Gasteiger charge is 2.36. The zero-order valence-electron chi connectivity index (χ0n) is 17.3. The van der Waals surface area contributed by atoms with Crippen LogP contribution in [0.4, 0.5) is 5.69 Å². The van der Waals surface area contributed by atoms with Crippen LogP contribution in [0.1, 0.15) is 18.1 Å². The number of benzene rings is 2. The predicted octanol–water partition coefficient (Wildman–Crippen LogP) is 3.67. The number of hydrogen-bond acceptors (Lipinski definition) is 4. The highest BCUT2D eigenvalue weighted by molar-refractivity contribution is 6.16. The van der Waals surface area contributed by atoms with Crippen molar-refractivity contribution in [3.05, 3.63) is 82.6 Å². The van der Waals surface area contributed by atoms with E-state index in [2.05, 4.69) is 0 Å². The standard InChI is InChI=1S/C24H26N2O3/c1-17-22(24(28)29-4)21(16-19-10-12-20(13-11-19)25(2)3)23(27)26(17)15-14-18-8-6-5-7-9-18/h5-13,16H,14-15H2,1-4H3/b21-16-. The summed E-state index contributed by atoms with van der Waals surface area (Å²) in [5.74, 6) is -0.662. The largest absolute Gasteiger partial charge is 0.465 e. The summed E-state index contributed by atoms with van der Waals surface area (Å²) >= 11 is 0. The van der Waals surface area contributed by atoms with E-state index < -0.39 is 5.97 Å². The summed E-state index contributed by atoms with van der Waals surface area (Å²) in [6.07, 6.45) is 2.48. The van der Waals surface area contributed by atoms with Crippen LogP contribution >= 0.6 is 0 Å². The highest BCUT2D eigenvalue weighted by atomic mass is 16.5. The van der Waals surface area contributed by atoms with Gasteiger partial charge in [0.15, 0.2) is 0 Å². The Morgan fingerprint density at radius 2 is 1.72 bits per heavy atom. The van der Waals surface area contributed by atoms with Crippen LogP contribution in [-0.2, 0) is 20.7 Å². The number of anilines is 1. The van der Waals surface area contributed by atoms with Gasteiger partial charge in [-0.25, -0.2) is 4.79 Å². The molecular weight excluding hydrogens is 364 g/mol. The van der Waals surface area contributed by atoms with Crippen molar-refractivity contribution in [1.82, 2.24) is 4.90 Å². The number of allylic oxidation sites excluding steroid dienone is 1. The van der Waals surface area contributed by atoms with Crippen LogP contribution in [0.15, 0.2) is 71.4 Å². The van der Waals surface area contributed by atoms with Crippen LogP contribution in [0.2, 0.25) is 0 Å². The second kappa shape index (κ2) is 8.78. The van der Waals surface area contributed by atoms with E-state index in [1.54, 1.807) is 17.9 Å². The second-order valence-electron chi connectivity index (χ2n) is 7.19. The first kappa shape index (κ1) is 20.4. The molecule has 2 aromatic rings. The van der Waals surface area contributed by atoms with Gasteiger partial charge in [0.05, 0.1) is 18.3 Å². The fraction of sp³-hybridized carbons (Fsp3) is 0.250. The van der Waals surface area contributed by atoms with Crippen LogP contribution in [0, 0.1) is 0 Å². The summed E-state index contributed by atoms with van der Waals surface area (Å²) in [5.41, 5.74) is 4.41. The molecule has 0 atom stereocenters. The summed E-state index contributed by atoms with van der Waals surface area (Å²) in [6.45, 7) is 2.30. The van der Waals surface area contributed by atoms with Gasteiger partial charge in [-0.1, -0.05) is 42.5 Å². The minimum absolute atomic E-state index is 0.171. The smallest absolute Gasteiger partial charge is 0.340 e. The molecule has 0 saturated carbocycles. The van der Waals surface area contributed by atoms with E-state index in [1.165, 1.54) is 7.11 Å². The summed E-state index contributed by atoms with van der Waals surface area (Å²) in [5, 5.41) is 0. The molecule has 1 amide bonds. The summed E-state index contributed by atoms with van der Waals surface area (Å²) in [6, 6.07) is 17.8. The third-order valence-corrected chi connectivity index (χ3v) is 5.09. The van der Waals surface area contributed by atoms with Crippen molar-refractivity contribution in [2.24, 2.45) is 0 Å². The third kappa shape index (κ3) is 4.40. The van der Waals surface area contributed by atoms with Crippen molar-refractivity contribution < 1.29 is 14.3 Å². The van der Waals surface area contributed by atoms with E-state index in [1.807, 2.05) is 73.6 Å². The van der Waals surface area contributed by atoms with Gasteiger partial charge in [0.25, 0.3) is 5.91 Å². The van der Waals surface area contributed by atoms with Crippen molar-refractivity contribution in [2.45, 2.75) is 13.3 Å². The number of methoxy groups -OCH3 is 1. The van der Waals surface area contributed by atoms with Crippen LogP contribution < -0.4 is 4.90 Å². The molecule has 0 fully saturated rings. The maximum absolute atomic E-state index is 13.1. The van der Waals surface area contributed by atoms with Crippen LogP contribution in [0.3, 0.4) is 0 Å². The Hall–Kier alpha value is -3.34. The van der Waals surface area contributed by atoms with E-state index in [4.69, 9.17) is 4.74 Å². The quantitative estimate of drug-likeness (QED) is 0.558. The Kier molecular flexibility index (Phi) is 6.17. The first-order valence-corrected chi connectivity index (χ1v) is 9.57. The van der Waals surface area contributed by atoms with Gasteiger partial charge < -0.3 is 14.5 Å². The maximum Gasteiger partial charge on any atom is 0.340 e.